The lowest BCUT2D eigenvalue weighted by Crippen LogP contribution is -1.99. The van der Waals surface area contributed by atoms with Crippen molar-refractivity contribution in [2.24, 2.45) is 0 Å². The molecule has 0 aliphatic carbocycles. The number of Topliss-reactive ketones (excluding diaryl/α,β-unsaturated/α-hetero) is 1. The van der Waals surface area contributed by atoms with E-state index in [1.807, 2.05) is 0 Å². The Kier molecular flexibility index (Phi) is 3.49. The number of rotatable bonds is 1. The third-order valence-electron chi connectivity index (χ3n) is 2.31. The summed E-state index contributed by atoms with van der Waals surface area (Å²) >= 11 is 0. The minimum absolute atomic E-state index is 0.207. The van der Waals surface area contributed by atoms with Gasteiger partial charge in [0.1, 0.15) is 11.5 Å². The van der Waals surface area contributed by atoms with Crippen molar-refractivity contribution >= 4 is 5.78 Å². The van der Waals surface area contributed by atoms with E-state index in [9.17, 15) is 9.18 Å². The number of aryl methyl sites for hydroxylation is 1. The van der Waals surface area contributed by atoms with Gasteiger partial charge in [0, 0.05) is 5.69 Å². The Morgan fingerprint density at radius 1 is 1.17 bits per heavy atom. The number of ketones is 1. The van der Waals surface area contributed by atoms with E-state index in [4.69, 9.17) is 0 Å². The Hall–Kier alpha value is -2.47. The van der Waals surface area contributed by atoms with Crippen molar-refractivity contribution in [1.82, 2.24) is 4.98 Å². The first-order valence-electron chi connectivity index (χ1n) is 5.41. The van der Waals surface area contributed by atoms with Crippen LogP contribution in [0.3, 0.4) is 0 Å². The second-order valence-corrected chi connectivity index (χ2v) is 3.72. The molecule has 2 rings (SSSR count). The highest BCUT2D eigenvalue weighted by Gasteiger charge is 2.03. The number of halogens is 1. The molecule has 2 aromatic rings. The van der Waals surface area contributed by atoms with E-state index < -0.39 is 11.6 Å². The first-order chi connectivity index (χ1) is 8.66. The van der Waals surface area contributed by atoms with Crippen molar-refractivity contribution in [3.05, 3.63) is 65.2 Å². The zero-order valence-electron chi connectivity index (χ0n) is 9.77. The summed E-state index contributed by atoms with van der Waals surface area (Å²) in [6, 6.07) is 11.2. The van der Waals surface area contributed by atoms with Gasteiger partial charge < -0.3 is 0 Å². The van der Waals surface area contributed by atoms with Gasteiger partial charge in [0.2, 0.25) is 0 Å². The Morgan fingerprint density at radius 3 is 2.67 bits per heavy atom. The molecule has 0 aliphatic rings. The van der Waals surface area contributed by atoms with Crippen molar-refractivity contribution in [3.63, 3.8) is 0 Å². The molecule has 1 heterocycles. The van der Waals surface area contributed by atoms with Crippen molar-refractivity contribution in [3.8, 4) is 11.8 Å². The van der Waals surface area contributed by atoms with Crippen LogP contribution in [0, 0.1) is 24.6 Å². The fourth-order valence-electron chi connectivity index (χ4n) is 1.42. The van der Waals surface area contributed by atoms with E-state index in [0.717, 1.165) is 5.69 Å². The molecule has 0 saturated carbocycles. The lowest BCUT2D eigenvalue weighted by atomic mass is 10.2. The van der Waals surface area contributed by atoms with Gasteiger partial charge in [0.15, 0.2) is 0 Å². The van der Waals surface area contributed by atoms with Gasteiger partial charge in [-0.1, -0.05) is 24.1 Å². The van der Waals surface area contributed by atoms with Gasteiger partial charge in [-0.2, -0.15) is 0 Å². The monoisotopic (exact) mass is 239 g/mol. The molecule has 2 nitrogen and oxygen atoms in total. The van der Waals surface area contributed by atoms with Crippen molar-refractivity contribution in [2.75, 3.05) is 0 Å². The van der Waals surface area contributed by atoms with Gasteiger partial charge in [-0.15, -0.1) is 0 Å². The van der Waals surface area contributed by atoms with Crippen LogP contribution in [0.15, 0.2) is 42.5 Å². The highest BCUT2D eigenvalue weighted by Crippen LogP contribution is 2.04. The van der Waals surface area contributed by atoms with E-state index in [2.05, 4.69) is 16.8 Å². The summed E-state index contributed by atoms with van der Waals surface area (Å²) in [4.78, 5) is 15.8. The van der Waals surface area contributed by atoms with Gasteiger partial charge in [0.25, 0.3) is 5.78 Å². The van der Waals surface area contributed by atoms with Gasteiger partial charge >= 0.3 is 0 Å². The van der Waals surface area contributed by atoms with E-state index in [1.54, 1.807) is 37.3 Å². The summed E-state index contributed by atoms with van der Waals surface area (Å²) in [5.74, 6) is 4.06. The van der Waals surface area contributed by atoms with Crippen LogP contribution in [-0.2, 0) is 0 Å². The number of pyridine rings is 1. The Balaban J connectivity index is 2.26. The summed E-state index contributed by atoms with van der Waals surface area (Å²) in [6.45, 7) is 1.79. The van der Waals surface area contributed by atoms with Gasteiger partial charge in [0.05, 0.1) is 5.56 Å². The number of aromatic nitrogens is 1. The van der Waals surface area contributed by atoms with Crippen LogP contribution >= 0.6 is 0 Å². The molecule has 0 radical (unpaired) electrons. The molecule has 0 spiro atoms. The van der Waals surface area contributed by atoms with Gasteiger partial charge in [-0.25, -0.2) is 9.37 Å². The third-order valence-corrected chi connectivity index (χ3v) is 2.31. The molecule has 0 bridgehead atoms. The maximum atomic E-state index is 13.3. The molecule has 18 heavy (non-hydrogen) atoms. The average molecular weight is 239 g/mol. The molecule has 0 fully saturated rings. The Labute approximate surface area is 104 Å². The number of nitrogens with zero attached hydrogens (tertiary/aromatic N) is 1. The molecular formula is C15H10FNO. The quantitative estimate of drug-likeness (QED) is 0.565. The minimum Gasteiger partial charge on any atom is -0.277 e. The Bertz CT molecular complexity index is 653. The summed E-state index contributed by atoms with van der Waals surface area (Å²) in [7, 11) is 0. The summed E-state index contributed by atoms with van der Waals surface area (Å²) in [5.41, 5.74) is 1.23. The van der Waals surface area contributed by atoms with Crippen LogP contribution in [-0.4, -0.2) is 10.8 Å². The maximum Gasteiger partial charge on any atom is 0.254 e. The molecule has 0 amide bonds. The second-order valence-electron chi connectivity index (χ2n) is 3.72. The number of hydrogen-bond donors (Lipinski definition) is 0. The largest absolute Gasteiger partial charge is 0.277 e. The Morgan fingerprint density at radius 2 is 1.94 bits per heavy atom. The van der Waals surface area contributed by atoms with Crippen molar-refractivity contribution < 1.29 is 9.18 Å². The summed E-state index contributed by atoms with van der Waals surface area (Å²) in [6.07, 6.45) is 0. The van der Waals surface area contributed by atoms with E-state index in [-0.39, 0.29) is 11.3 Å². The fourth-order valence-corrected chi connectivity index (χ4v) is 1.42. The molecule has 3 heteroatoms. The molecule has 0 unspecified atom stereocenters. The van der Waals surface area contributed by atoms with Crippen LogP contribution in [0.1, 0.15) is 21.7 Å². The van der Waals surface area contributed by atoms with E-state index in [1.165, 1.54) is 12.1 Å². The molecule has 0 atom stereocenters. The predicted octanol–water partition coefficient (Wildman–Crippen LogP) is 2.76. The average Bonchev–Trinajstić information content (AvgIpc) is 2.37. The fraction of sp³-hybridized carbons (Fsp3) is 0.0667. The van der Waals surface area contributed by atoms with Crippen LogP contribution in [0.4, 0.5) is 4.39 Å². The van der Waals surface area contributed by atoms with Crippen LogP contribution in [0.25, 0.3) is 0 Å². The van der Waals surface area contributed by atoms with Crippen LogP contribution in [0.2, 0.25) is 0 Å². The lowest BCUT2D eigenvalue weighted by Gasteiger charge is -1.95. The van der Waals surface area contributed by atoms with Crippen LogP contribution < -0.4 is 0 Å². The molecule has 0 N–H and O–H groups in total. The predicted molar refractivity (Wildman–Crippen MR) is 66.6 cm³/mol. The zero-order chi connectivity index (χ0) is 13.0. The minimum atomic E-state index is -0.435. The second kappa shape index (κ2) is 5.24. The number of benzene rings is 1. The van der Waals surface area contributed by atoms with Crippen LogP contribution in [0.5, 0.6) is 0 Å². The molecule has 1 aromatic heterocycles. The lowest BCUT2D eigenvalue weighted by molar-refractivity contribution is 0.105. The number of hydrogen-bond acceptors (Lipinski definition) is 2. The molecule has 0 aliphatic heterocycles. The first-order valence-corrected chi connectivity index (χ1v) is 5.41. The smallest absolute Gasteiger partial charge is 0.254 e. The summed E-state index contributed by atoms with van der Waals surface area (Å²) in [5, 5.41) is 0. The number of carbonyl (C=O) groups excluding carboxylic acids is 1. The van der Waals surface area contributed by atoms with Crippen molar-refractivity contribution in [1.29, 1.82) is 0 Å². The zero-order valence-corrected chi connectivity index (χ0v) is 9.77. The van der Waals surface area contributed by atoms with Crippen molar-refractivity contribution in [2.45, 2.75) is 6.92 Å². The number of carbonyl (C=O) groups is 1. The highest BCUT2D eigenvalue weighted by molar-refractivity contribution is 6.08. The molecule has 1 aromatic carbocycles. The highest BCUT2D eigenvalue weighted by atomic mass is 19.1. The maximum absolute atomic E-state index is 13.3. The molecule has 0 saturated heterocycles. The standard InChI is InChI=1S/C15H10FNO/c1-11-5-4-8-14(17-11)15(18)10-9-12-6-2-3-7-13(12)16/h2-8H,1H3. The molecular weight excluding hydrogens is 229 g/mol. The normalized spacial score (nSPS) is 9.44. The topological polar surface area (TPSA) is 30.0 Å². The third kappa shape index (κ3) is 2.80. The van der Waals surface area contributed by atoms with E-state index in [0.29, 0.717) is 0 Å². The van der Waals surface area contributed by atoms with Gasteiger partial charge in [-0.3, -0.25) is 4.79 Å². The van der Waals surface area contributed by atoms with Gasteiger partial charge in [-0.05, 0) is 37.1 Å². The SMILES string of the molecule is Cc1cccc(C(=O)C#Cc2ccccc2F)n1. The first kappa shape index (κ1) is 12.0. The summed E-state index contributed by atoms with van der Waals surface area (Å²) < 4.78 is 13.3. The van der Waals surface area contributed by atoms with E-state index >= 15 is 0 Å². The molecule has 88 valence electrons.